The number of hydrogen-bond donors (Lipinski definition) is 2. The van der Waals surface area contributed by atoms with Crippen LogP contribution in [0.25, 0.3) is 0 Å². The van der Waals surface area contributed by atoms with Crippen LogP contribution in [0.2, 0.25) is 0 Å². The largest absolute Gasteiger partial charge is 0.480 e. The van der Waals surface area contributed by atoms with E-state index >= 15 is 0 Å². The molecule has 1 aromatic heterocycles. The zero-order valence-corrected chi connectivity index (χ0v) is 22.6. The Morgan fingerprint density at radius 1 is 1.11 bits per heavy atom. The zero-order chi connectivity index (χ0) is 27.0. The molecule has 0 amide bonds. The number of carbonyl (C=O) groups excluding carboxylic acids is 1. The van der Waals surface area contributed by atoms with Gasteiger partial charge in [-0.3, -0.25) is 15.1 Å². The van der Waals surface area contributed by atoms with Crippen molar-refractivity contribution >= 4 is 17.6 Å². The topological polar surface area (TPSA) is 107 Å². The molecule has 1 saturated heterocycles. The number of pyridine rings is 1. The van der Waals surface area contributed by atoms with Gasteiger partial charge in [0, 0.05) is 48.9 Å². The molecule has 3 aliphatic rings. The maximum atomic E-state index is 13.5. The van der Waals surface area contributed by atoms with Crippen LogP contribution in [0, 0.1) is 5.41 Å². The van der Waals surface area contributed by atoms with E-state index in [4.69, 9.17) is 20.2 Å². The Labute approximate surface area is 224 Å². The van der Waals surface area contributed by atoms with Crippen LogP contribution in [0.1, 0.15) is 90.8 Å². The van der Waals surface area contributed by atoms with Crippen molar-refractivity contribution in [1.29, 1.82) is 5.41 Å². The molecule has 2 aromatic rings. The van der Waals surface area contributed by atoms with Crippen LogP contribution in [0.5, 0.6) is 0 Å². The van der Waals surface area contributed by atoms with E-state index in [-0.39, 0.29) is 30.5 Å². The second-order valence-electron chi connectivity index (χ2n) is 12.0. The first-order valence-electron chi connectivity index (χ1n) is 13.6. The number of nitrogens with one attached hydrogen (secondary N) is 1. The number of benzene rings is 1. The number of carboxylic acids is 1. The molecule has 1 aromatic carbocycles. The molecule has 0 radical (unpaired) electrons. The van der Waals surface area contributed by atoms with Crippen molar-refractivity contribution in [3.63, 3.8) is 0 Å². The van der Waals surface area contributed by atoms with Crippen molar-refractivity contribution in [1.82, 2.24) is 14.8 Å². The van der Waals surface area contributed by atoms with Crippen LogP contribution in [0.4, 0.5) is 0 Å². The van der Waals surface area contributed by atoms with Crippen LogP contribution < -0.4 is 0 Å². The third-order valence-electron chi connectivity index (χ3n) is 7.80. The first kappa shape index (κ1) is 26.5. The molecule has 5 rings (SSSR count). The highest BCUT2D eigenvalue weighted by Gasteiger charge is 2.31. The minimum atomic E-state index is -0.934. The van der Waals surface area contributed by atoms with Crippen molar-refractivity contribution in [3.8, 4) is 0 Å². The van der Waals surface area contributed by atoms with E-state index < -0.39 is 5.97 Å². The van der Waals surface area contributed by atoms with Gasteiger partial charge >= 0.3 is 5.97 Å². The molecule has 2 aliphatic heterocycles. The lowest BCUT2D eigenvalue weighted by Crippen LogP contribution is -2.37. The highest BCUT2D eigenvalue weighted by Crippen LogP contribution is 2.39. The average molecular weight is 519 g/mol. The molecule has 8 nitrogen and oxygen atoms in total. The first-order chi connectivity index (χ1) is 18.1. The molecule has 1 saturated carbocycles. The van der Waals surface area contributed by atoms with Crippen LogP contribution in [-0.2, 0) is 28.0 Å². The number of rotatable bonds is 9. The van der Waals surface area contributed by atoms with Crippen molar-refractivity contribution in [2.75, 3.05) is 26.2 Å². The molecule has 0 spiro atoms. The maximum absolute atomic E-state index is 13.5. The summed E-state index contributed by atoms with van der Waals surface area (Å²) in [6, 6.07) is 10.4. The Balaban J connectivity index is 1.27. The summed E-state index contributed by atoms with van der Waals surface area (Å²) in [6.45, 7) is 9.30. The van der Waals surface area contributed by atoms with E-state index in [2.05, 4.69) is 43.9 Å². The number of fused-ring (bicyclic) bond motifs is 1. The number of ether oxygens (including phenoxy) is 1. The van der Waals surface area contributed by atoms with Gasteiger partial charge in [-0.1, -0.05) is 32.9 Å². The molecule has 38 heavy (non-hydrogen) atoms. The van der Waals surface area contributed by atoms with E-state index in [1.54, 1.807) is 0 Å². The number of aromatic nitrogens is 1. The number of carboxylic acid groups (broad SMARTS) is 1. The highest BCUT2D eigenvalue weighted by molar-refractivity contribution is 6.04. The third kappa shape index (κ3) is 6.13. The normalized spacial score (nSPS) is 18.6. The molecular formula is C30H38N4O4. The zero-order valence-electron chi connectivity index (χ0n) is 22.6. The molecule has 2 fully saturated rings. The summed E-state index contributed by atoms with van der Waals surface area (Å²) in [4.78, 5) is 33.3. The Morgan fingerprint density at radius 3 is 2.50 bits per heavy atom. The van der Waals surface area contributed by atoms with Crippen LogP contribution in [0.15, 0.2) is 30.3 Å². The molecule has 3 heterocycles. The van der Waals surface area contributed by atoms with E-state index in [0.717, 1.165) is 60.6 Å². The second-order valence-corrected chi connectivity index (χ2v) is 12.0. The minimum absolute atomic E-state index is 0.0121. The monoisotopic (exact) mass is 518 g/mol. The molecular weight excluding hydrogens is 480 g/mol. The van der Waals surface area contributed by atoms with Gasteiger partial charge in [0.05, 0.1) is 12.6 Å². The van der Waals surface area contributed by atoms with Crippen LogP contribution in [0.3, 0.4) is 0 Å². The Hall–Kier alpha value is -3.10. The predicted octanol–water partition coefficient (Wildman–Crippen LogP) is 4.35. The van der Waals surface area contributed by atoms with Gasteiger partial charge in [0.15, 0.2) is 5.78 Å². The molecule has 0 atom stereocenters. The van der Waals surface area contributed by atoms with Crippen molar-refractivity contribution < 1.29 is 19.4 Å². The number of hydrogen-bond acceptors (Lipinski definition) is 6. The number of ketones is 1. The van der Waals surface area contributed by atoms with E-state index in [1.165, 1.54) is 12.8 Å². The van der Waals surface area contributed by atoms with Crippen molar-refractivity contribution in [3.05, 3.63) is 64.0 Å². The van der Waals surface area contributed by atoms with E-state index in [9.17, 15) is 9.59 Å². The summed E-state index contributed by atoms with van der Waals surface area (Å²) in [7, 11) is 0. The fraction of sp³-hybridized carbons (Fsp3) is 0.533. The number of carbonyl (C=O) groups is 2. The number of nitrogens with zero attached hydrogens (tertiary/aromatic N) is 3. The molecule has 8 heteroatoms. The third-order valence-corrected chi connectivity index (χ3v) is 7.80. The summed E-state index contributed by atoms with van der Waals surface area (Å²) >= 11 is 0. The predicted molar refractivity (Wildman–Crippen MR) is 145 cm³/mol. The highest BCUT2D eigenvalue weighted by atomic mass is 16.5. The van der Waals surface area contributed by atoms with Gasteiger partial charge in [0.2, 0.25) is 0 Å². The fourth-order valence-electron chi connectivity index (χ4n) is 5.33. The summed E-state index contributed by atoms with van der Waals surface area (Å²) < 4.78 is 5.48. The number of likely N-dealkylation sites (tertiary alicyclic amines) is 1. The van der Waals surface area contributed by atoms with Crippen molar-refractivity contribution in [2.45, 2.75) is 77.0 Å². The van der Waals surface area contributed by atoms with Crippen LogP contribution in [-0.4, -0.2) is 69.8 Å². The summed E-state index contributed by atoms with van der Waals surface area (Å²) in [5.74, 6) is -0.0459. The number of piperidine rings is 1. The summed E-state index contributed by atoms with van der Waals surface area (Å²) in [6.07, 6.45) is 3.92. The molecule has 0 bridgehead atoms. The van der Waals surface area contributed by atoms with E-state index in [0.29, 0.717) is 23.9 Å². The number of amidine groups is 1. The quantitative estimate of drug-likeness (QED) is 0.476. The van der Waals surface area contributed by atoms with Gasteiger partial charge < -0.3 is 14.7 Å². The van der Waals surface area contributed by atoms with Crippen molar-refractivity contribution in [2.24, 2.45) is 0 Å². The number of Topliss-reactive ketones (excluding diaryl/α,β-unsaturated/α-hetero) is 1. The summed E-state index contributed by atoms with van der Waals surface area (Å²) in [5, 5.41) is 17.5. The lowest BCUT2D eigenvalue weighted by Gasteiger charge is -2.32. The lowest BCUT2D eigenvalue weighted by molar-refractivity contribution is -0.145. The standard InChI is InChI=1S/C30H38N4O4/c1-30(2,3)23-13-19(15-33-10-8-24(9-11-33)38-18-27(36)37)12-22(14-23)26(35)17-34-16-21-6-7-25(20-4-5-20)32-28(21)29(34)31/h6-7,12-14,20,24,31H,4-5,8-11,15-18H2,1-3H3,(H,36,37). The Kier molecular flexibility index (Phi) is 7.38. The maximum Gasteiger partial charge on any atom is 0.329 e. The second kappa shape index (κ2) is 10.6. The lowest BCUT2D eigenvalue weighted by atomic mass is 9.84. The average Bonchev–Trinajstić information content (AvgIpc) is 3.68. The van der Waals surface area contributed by atoms with Gasteiger partial charge in [-0.2, -0.15) is 0 Å². The molecule has 1 aliphatic carbocycles. The van der Waals surface area contributed by atoms with Crippen LogP contribution >= 0.6 is 0 Å². The Bertz CT molecular complexity index is 1240. The molecule has 202 valence electrons. The van der Waals surface area contributed by atoms with Gasteiger partial charge in [0.1, 0.15) is 18.1 Å². The fourth-order valence-corrected chi connectivity index (χ4v) is 5.33. The SMILES string of the molecule is CC(C)(C)c1cc(CN2CCC(OCC(=O)O)CC2)cc(C(=O)CN2Cc3ccc(C4CC4)nc3C2=N)c1. The van der Waals surface area contributed by atoms with Gasteiger partial charge in [-0.25, -0.2) is 9.78 Å². The minimum Gasteiger partial charge on any atom is -0.480 e. The molecule has 2 N–H and O–H groups in total. The van der Waals surface area contributed by atoms with Gasteiger partial charge in [-0.05, 0) is 60.4 Å². The smallest absolute Gasteiger partial charge is 0.329 e. The first-order valence-corrected chi connectivity index (χ1v) is 13.6. The number of aliphatic carboxylic acids is 1. The van der Waals surface area contributed by atoms with Gasteiger partial charge in [0.25, 0.3) is 0 Å². The van der Waals surface area contributed by atoms with Gasteiger partial charge in [-0.15, -0.1) is 0 Å². The van der Waals surface area contributed by atoms with E-state index in [1.807, 2.05) is 17.0 Å². The Morgan fingerprint density at radius 2 is 1.84 bits per heavy atom. The summed E-state index contributed by atoms with van der Waals surface area (Å²) in [5.41, 5.74) is 5.61. The molecule has 0 unspecified atom stereocenters.